The Balaban J connectivity index is 2.22. The molecule has 1 heterocycles. The Hall–Kier alpha value is -0.400. The van der Waals surface area contributed by atoms with Crippen molar-refractivity contribution in [2.24, 2.45) is 17.8 Å². The minimum atomic E-state index is -3.66. The lowest BCUT2D eigenvalue weighted by Gasteiger charge is -2.38. The molecule has 0 radical (unpaired) electrons. The van der Waals surface area contributed by atoms with Crippen molar-refractivity contribution in [1.29, 1.82) is 0 Å². The van der Waals surface area contributed by atoms with Crippen molar-refractivity contribution in [3.8, 4) is 0 Å². The summed E-state index contributed by atoms with van der Waals surface area (Å²) in [5.74, 6) is 0.598. The Bertz CT molecular complexity index is 653. The third-order valence-corrected chi connectivity index (χ3v) is 7.45. The number of sulfonamides is 1. The van der Waals surface area contributed by atoms with Crippen molar-refractivity contribution >= 4 is 33.0 Å². The Morgan fingerprint density at radius 1 is 1.45 bits per heavy atom. The topological polar surface area (TPSA) is 66.4 Å². The molecular formula is C15H22ClNO3S2. The second-order valence-corrected chi connectivity index (χ2v) is 9.76. The van der Waals surface area contributed by atoms with Crippen molar-refractivity contribution in [3.05, 3.63) is 28.1 Å². The maximum absolute atomic E-state index is 12.4. The molecule has 0 saturated carbocycles. The number of hydrogen-bond donors (Lipinski definition) is 2. The van der Waals surface area contributed by atoms with Crippen molar-refractivity contribution in [1.82, 2.24) is 4.72 Å². The van der Waals surface area contributed by atoms with E-state index in [1.807, 2.05) is 0 Å². The molecule has 0 amide bonds. The van der Waals surface area contributed by atoms with Crippen LogP contribution in [0.3, 0.4) is 0 Å². The van der Waals surface area contributed by atoms with Gasteiger partial charge in [-0.3, -0.25) is 0 Å². The van der Waals surface area contributed by atoms with Crippen LogP contribution in [-0.4, -0.2) is 26.2 Å². The summed E-state index contributed by atoms with van der Waals surface area (Å²) in [6.07, 6.45) is 3.10. The Morgan fingerprint density at radius 3 is 2.64 bits per heavy atom. The zero-order valence-electron chi connectivity index (χ0n) is 12.9. The van der Waals surface area contributed by atoms with E-state index >= 15 is 0 Å². The number of aliphatic hydroxyl groups excluding tert-OH is 1. The first-order chi connectivity index (χ1) is 10.2. The molecule has 2 N–H and O–H groups in total. The van der Waals surface area contributed by atoms with Crippen LogP contribution in [-0.2, 0) is 10.0 Å². The predicted octanol–water partition coefficient (Wildman–Crippen LogP) is 3.28. The molecule has 124 valence electrons. The molecule has 0 bridgehead atoms. The Morgan fingerprint density at radius 2 is 2.14 bits per heavy atom. The van der Waals surface area contributed by atoms with Crippen molar-refractivity contribution < 1.29 is 13.5 Å². The molecule has 0 fully saturated rings. The summed E-state index contributed by atoms with van der Waals surface area (Å²) in [7, 11) is -3.66. The quantitative estimate of drug-likeness (QED) is 0.789. The van der Waals surface area contributed by atoms with E-state index in [9.17, 15) is 13.5 Å². The monoisotopic (exact) mass is 363 g/mol. The first kappa shape index (κ1) is 17.9. The van der Waals surface area contributed by atoms with Crippen molar-refractivity contribution in [3.63, 3.8) is 0 Å². The van der Waals surface area contributed by atoms with Gasteiger partial charge in [-0.25, -0.2) is 13.1 Å². The summed E-state index contributed by atoms with van der Waals surface area (Å²) in [6.45, 7) is 6.05. The van der Waals surface area contributed by atoms with Gasteiger partial charge in [0, 0.05) is 6.04 Å². The summed E-state index contributed by atoms with van der Waals surface area (Å²) >= 11 is 6.83. The minimum absolute atomic E-state index is 0.0684. The van der Waals surface area contributed by atoms with Gasteiger partial charge in [0.05, 0.1) is 10.9 Å². The molecule has 0 aliphatic heterocycles. The predicted molar refractivity (Wildman–Crippen MR) is 90.7 cm³/mol. The van der Waals surface area contributed by atoms with E-state index in [1.165, 1.54) is 11.6 Å². The van der Waals surface area contributed by atoms with Crippen LogP contribution in [0.5, 0.6) is 0 Å². The number of allylic oxidation sites excluding steroid dienone is 2. The van der Waals surface area contributed by atoms with Crippen LogP contribution in [0.15, 0.2) is 28.0 Å². The van der Waals surface area contributed by atoms with Crippen LogP contribution in [0.4, 0.5) is 0 Å². The zero-order chi connectivity index (χ0) is 16.5. The Kier molecular flexibility index (Phi) is 5.72. The lowest BCUT2D eigenvalue weighted by Crippen LogP contribution is -2.47. The third kappa shape index (κ3) is 3.92. The highest BCUT2D eigenvalue weighted by Crippen LogP contribution is 2.36. The van der Waals surface area contributed by atoms with Gasteiger partial charge < -0.3 is 5.11 Å². The molecule has 4 nitrogen and oxygen atoms in total. The SMILES string of the molecule is CC1=CC(C)C(C(CO)NS(=O)(=O)c2ccc(Cl)s2)C(C)C1. The highest BCUT2D eigenvalue weighted by molar-refractivity contribution is 7.91. The summed E-state index contributed by atoms with van der Waals surface area (Å²) in [5.41, 5.74) is 1.32. The summed E-state index contributed by atoms with van der Waals surface area (Å²) < 4.78 is 28.2. The van der Waals surface area contributed by atoms with Crippen LogP contribution in [0.2, 0.25) is 4.34 Å². The number of nitrogens with one attached hydrogen (secondary N) is 1. The summed E-state index contributed by atoms with van der Waals surface area (Å²) in [6, 6.07) is 2.55. The fourth-order valence-corrected chi connectivity index (χ4v) is 6.25. The van der Waals surface area contributed by atoms with Crippen LogP contribution in [0, 0.1) is 17.8 Å². The van der Waals surface area contributed by atoms with Crippen LogP contribution in [0.25, 0.3) is 0 Å². The van der Waals surface area contributed by atoms with Crippen LogP contribution < -0.4 is 4.72 Å². The van der Waals surface area contributed by atoms with E-state index in [0.29, 0.717) is 10.3 Å². The molecule has 4 unspecified atom stereocenters. The molecule has 2 rings (SSSR count). The molecule has 1 aromatic heterocycles. The second kappa shape index (κ2) is 7.01. The average Bonchev–Trinajstić information content (AvgIpc) is 2.83. The number of aliphatic hydroxyl groups is 1. The molecule has 0 aromatic carbocycles. The van der Waals surface area contributed by atoms with E-state index in [2.05, 4.69) is 31.6 Å². The van der Waals surface area contributed by atoms with Gasteiger partial charge in [0.15, 0.2) is 0 Å². The minimum Gasteiger partial charge on any atom is -0.395 e. The standard InChI is InChI=1S/C15H22ClNO3S2/c1-9-6-10(2)15(11(3)7-9)12(8-18)17-22(19,20)14-5-4-13(16)21-14/h4-6,10-12,15,17-18H,7-8H2,1-3H3. The van der Waals surface area contributed by atoms with Crippen LogP contribution >= 0.6 is 22.9 Å². The largest absolute Gasteiger partial charge is 0.395 e. The second-order valence-electron chi connectivity index (χ2n) is 6.10. The van der Waals surface area contributed by atoms with Gasteiger partial charge >= 0.3 is 0 Å². The van der Waals surface area contributed by atoms with E-state index < -0.39 is 16.1 Å². The van der Waals surface area contributed by atoms with E-state index in [1.54, 1.807) is 6.07 Å². The average molecular weight is 364 g/mol. The van der Waals surface area contributed by atoms with Crippen molar-refractivity contribution in [2.75, 3.05) is 6.61 Å². The van der Waals surface area contributed by atoms with Crippen LogP contribution in [0.1, 0.15) is 27.2 Å². The molecule has 0 saturated heterocycles. The fourth-order valence-electron chi connectivity index (χ4n) is 3.49. The van der Waals surface area contributed by atoms with E-state index in [4.69, 9.17) is 11.6 Å². The smallest absolute Gasteiger partial charge is 0.250 e. The maximum atomic E-state index is 12.4. The van der Waals surface area contributed by atoms with Gasteiger partial charge in [0.2, 0.25) is 10.0 Å². The lowest BCUT2D eigenvalue weighted by molar-refractivity contribution is 0.148. The van der Waals surface area contributed by atoms with Gasteiger partial charge in [-0.15, -0.1) is 11.3 Å². The molecule has 22 heavy (non-hydrogen) atoms. The lowest BCUT2D eigenvalue weighted by atomic mass is 9.72. The van der Waals surface area contributed by atoms with Gasteiger partial charge in [0.1, 0.15) is 4.21 Å². The highest BCUT2D eigenvalue weighted by Gasteiger charge is 2.35. The number of halogens is 1. The number of thiophene rings is 1. The maximum Gasteiger partial charge on any atom is 0.250 e. The van der Waals surface area contributed by atoms with E-state index in [-0.39, 0.29) is 22.7 Å². The molecule has 1 aliphatic carbocycles. The number of hydrogen-bond acceptors (Lipinski definition) is 4. The molecule has 1 aromatic rings. The molecule has 0 spiro atoms. The summed E-state index contributed by atoms with van der Waals surface area (Å²) in [5, 5.41) is 9.72. The third-order valence-electron chi connectivity index (χ3n) is 4.24. The molecule has 7 heteroatoms. The van der Waals surface area contributed by atoms with Gasteiger partial charge in [-0.05, 0) is 43.2 Å². The summed E-state index contributed by atoms with van der Waals surface area (Å²) in [4.78, 5) is 0. The number of rotatable bonds is 5. The fraction of sp³-hybridized carbons (Fsp3) is 0.600. The van der Waals surface area contributed by atoms with Crippen molar-refractivity contribution in [2.45, 2.75) is 37.4 Å². The molecular weight excluding hydrogens is 342 g/mol. The van der Waals surface area contributed by atoms with Gasteiger partial charge in [-0.2, -0.15) is 0 Å². The first-order valence-electron chi connectivity index (χ1n) is 7.30. The molecule has 4 atom stereocenters. The zero-order valence-corrected chi connectivity index (χ0v) is 15.3. The molecule has 1 aliphatic rings. The van der Waals surface area contributed by atoms with Gasteiger partial charge in [-0.1, -0.05) is 37.1 Å². The van der Waals surface area contributed by atoms with E-state index in [0.717, 1.165) is 17.8 Å². The normalized spacial score (nSPS) is 27.5. The highest BCUT2D eigenvalue weighted by atomic mass is 35.5. The van der Waals surface area contributed by atoms with Gasteiger partial charge in [0.25, 0.3) is 0 Å². The first-order valence-corrected chi connectivity index (χ1v) is 9.98. The Labute approximate surface area is 141 Å².